The van der Waals surface area contributed by atoms with Crippen LogP contribution in [-0.2, 0) is 11.2 Å². The van der Waals surface area contributed by atoms with Gasteiger partial charge in [-0.2, -0.15) is 0 Å². The smallest absolute Gasteiger partial charge is 1.00 e. The Morgan fingerprint density at radius 1 is 1.67 bits per heavy atom. The minimum atomic E-state index is -0.748. The maximum atomic E-state index is 11.0. The Morgan fingerprint density at radius 2 is 2.40 bits per heavy atom. The van der Waals surface area contributed by atoms with E-state index in [-0.39, 0.29) is 26.2 Å². The fraction of sp³-hybridized carbons (Fsp3) is 0.455. The number of aryl methyl sites for hydroxylation is 2. The summed E-state index contributed by atoms with van der Waals surface area (Å²) >= 11 is 0. The van der Waals surface area contributed by atoms with Crippen molar-refractivity contribution in [2.45, 2.75) is 32.1 Å². The number of nitrogens with zero attached hydrogens (tertiary/aromatic N) is 1. The third kappa shape index (κ3) is 2.42. The second-order valence-corrected chi connectivity index (χ2v) is 3.84. The van der Waals surface area contributed by atoms with E-state index in [0.717, 1.165) is 36.1 Å². The molecule has 0 spiro atoms. The third-order valence-corrected chi connectivity index (χ3v) is 2.71. The average molecular weight is 199 g/mol. The van der Waals surface area contributed by atoms with Crippen LogP contribution in [0.15, 0.2) is 12.3 Å². The van der Waals surface area contributed by atoms with Crippen LogP contribution in [0.2, 0.25) is 0 Å². The van der Waals surface area contributed by atoms with Gasteiger partial charge in [-0.3, -0.25) is 9.78 Å². The minimum Gasteiger partial charge on any atom is -1.00 e. The first-order valence-corrected chi connectivity index (χ1v) is 4.86. The predicted molar refractivity (Wildman–Crippen MR) is 53.4 cm³/mol. The molecule has 1 aliphatic carbocycles. The average Bonchev–Trinajstić information content (AvgIpc) is 2.16. The number of aliphatic carboxylic acids is 1. The molecule has 0 radical (unpaired) electrons. The molecule has 1 aliphatic rings. The number of rotatable bonds is 1. The van der Waals surface area contributed by atoms with E-state index in [0.29, 0.717) is 0 Å². The van der Waals surface area contributed by atoms with Crippen LogP contribution in [-0.4, -0.2) is 16.1 Å². The van der Waals surface area contributed by atoms with Gasteiger partial charge in [-0.25, -0.2) is 0 Å². The summed E-state index contributed by atoms with van der Waals surface area (Å²) in [6.45, 7) is 1.98. The standard InChI is InChI=1S/C11H13NO2.Li.H/c1-7-5-8-3-2-4-9(11(13)14)10(8)12-6-7;;/h5-6,9H,2-4H2,1H3,(H,13,14);;/q;+1;-1. The fourth-order valence-corrected chi connectivity index (χ4v) is 2.03. The van der Waals surface area contributed by atoms with Crippen molar-refractivity contribution in [2.75, 3.05) is 0 Å². The maximum Gasteiger partial charge on any atom is 1.00 e. The zero-order valence-electron chi connectivity index (χ0n) is 10.2. The number of hydrogen-bond donors (Lipinski definition) is 1. The van der Waals surface area contributed by atoms with E-state index in [4.69, 9.17) is 5.11 Å². The quantitative estimate of drug-likeness (QED) is 0.591. The van der Waals surface area contributed by atoms with Gasteiger partial charge in [-0.15, -0.1) is 0 Å². The van der Waals surface area contributed by atoms with E-state index in [1.165, 1.54) is 0 Å². The Kier molecular flexibility index (Phi) is 3.95. The topological polar surface area (TPSA) is 50.2 Å². The first-order chi connectivity index (χ1) is 6.68. The van der Waals surface area contributed by atoms with Crippen LogP contribution in [0.5, 0.6) is 0 Å². The Balaban J connectivity index is 0.00000112. The summed E-state index contributed by atoms with van der Waals surface area (Å²) in [6.07, 6.45) is 4.39. The Labute approximate surface area is 103 Å². The number of carboxylic acid groups (broad SMARTS) is 1. The molecule has 3 nitrogen and oxygen atoms in total. The van der Waals surface area contributed by atoms with Crippen LogP contribution in [0.1, 0.15) is 37.0 Å². The molecule has 1 N–H and O–H groups in total. The molecular formula is C11H14LiNO2. The first-order valence-electron chi connectivity index (χ1n) is 4.86. The molecule has 0 aliphatic heterocycles. The second-order valence-electron chi connectivity index (χ2n) is 3.84. The summed E-state index contributed by atoms with van der Waals surface area (Å²) in [4.78, 5) is 15.2. The zero-order chi connectivity index (χ0) is 10.1. The van der Waals surface area contributed by atoms with E-state index in [1.54, 1.807) is 6.20 Å². The molecule has 1 aromatic heterocycles. The fourth-order valence-electron chi connectivity index (χ4n) is 2.03. The van der Waals surface area contributed by atoms with Gasteiger partial charge in [-0.05, 0) is 37.3 Å². The van der Waals surface area contributed by atoms with Crippen LogP contribution in [0.25, 0.3) is 0 Å². The van der Waals surface area contributed by atoms with Crippen LogP contribution in [0.4, 0.5) is 0 Å². The Bertz CT molecular complexity index is 384. The molecule has 0 saturated carbocycles. The SMILES string of the molecule is Cc1cnc2c(c1)CCCC2C(=O)O.[H-].[Li+]. The molecule has 1 atom stereocenters. The van der Waals surface area contributed by atoms with Gasteiger partial charge >= 0.3 is 24.8 Å². The number of carboxylic acids is 1. The molecular weight excluding hydrogens is 185 g/mol. The van der Waals surface area contributed by atoms with E-state index >= 15 is 0 Å². The third-order valence-electron chi connectivity index (χ3n) is 2.71. The number of carbonyl (C=O) groups is 1. The number of hydrogen-bond acceptors (Lipinski definition) is 2. The van der Waals surface area contributed by atoms with Crippen molar-refractivity contribution in [3.8, 4) is 0 Å². The van der Waals surface area contributed by atoms with Gasteiger partial charge in [0.1, 0.15) is 0 Å². The van der Waals surface area contributed by atoms with Gasteiger partial charge in [0.05, 0.1) is 11.6 Å². The van der Waals surface area contributed by atoms with Crippen molar-refractivity contribution in [3.63, 3.8) is 0 Å². The van der Waals surface area contributed by atoms with Crippen molar-refractivity contribution < 1.29 is 30.2 Å². The van der Waals surface area contributed by atoms with E-state index in [1.807, 2.05) is 6.92 Å². The van der Waals surface area contributed by atoms with Gasteiger partial charge < -0.3 is 6.53 Å². The molecule has 2 rings (SSSR count). The zero-order valence-corrected chi connectivity index (χ0v) is 9.16. The summed E-state index contributed by atoms with van der Waals surface area (Å²) in [5, 5.41) is 9.01. The number of aromatic nitrogens is 1. The molecule has 1 aromatic rings. The molecule has 0 bridgehead atoms. The Morgan fingerprint density at radius 3 is 3.07 bits per heavy atom. The van der Waals surface area contributed by atoms with Crippen LogP contribution in [0, 0.1) is 6.92 Å². The molecule has 0 fully saturated rings. The van der Waals surface area contributed by atoms with E-state index in [2.05, 4.69) is 11.1 Å². The summed E-state index contributed by atoms with van der Waals surface area (Å²) in [6, 6.07) is 2.05. The molecule has 0 saturated heterocycles. The van der Waals surface area contributed by atoms with Crippen molar-refractivity contribution in [1.29, 1.82) is 0 Å². The van der Waals surface area contributed by atoms with E-state index in [9.17, 15) is 4.79 Å². The van der Waals surface area contributed by atoms with Gasteiger partial charge in [0, 0.05) is 6.20 Å². The molecule has 15 heavy (non-hydrogen) atoms. The van der Waals surface area contributed by atoms with Crippen LogP contribution in [0.3, 0.4) is 0 Å². The predicted octanol–water partition coefficient (Wildman–Crippen LogP) is -0.989. The molecule has 0 amide bonds. The summed E-state index contributed by atoms with van der Waals surface area (Å²) in [5.41, 5.74) is 2.99. The minimum absolute atomic E-state index is 0. The van der Waals surface area contributed by atoms with Crippen LogP contribution >= 0.6 is 0 Å². The largest absolute Gasteiger partial charge is 1.00 e. The first kappa shape index (κ1) is 12.3. The summed E-state index contributed by atoms with van der Waals surface area (Å²) in [7, 11) is 0. The Hall–Kier alpha value is -0.783. The van der Waals surface area contributed by atoms with Gasteiger partial charge in [0.15, 0.2) is 0 Å². The monoisotopic (exact) mass is 199 g/mol. The molecule has 0 aromatic carbocycles. The maximum absolute atomic E-state index is 11.0. The number of pyridine rings is 1. The van der Waals surface area contributed by atoms with Crippen molar-refractivity contribution in [1.82, 2.24) is 4.98 Å². The van der Waals surface area contributed by atoms with Gasteiger partial charge in [-0.1, -0.05) is 6.07 Å². The molecule has 4 heteroatoms. The second kappa shape index (κ2) is 4.83. The van der Waals surface area contributed by atoms with E-state index < -0.39 is 5.97 Å². The normalized spacial score (nSPS) is 18.9. The molecule has 1 heterocycles. The molecule has 76 valence electrons. The van der Waals surface area contributed by atoms with Crippen LogP contribution < -0.4 is 18.9 Å². The summed E-state index contributed by atoms with van der Waals surface area (Å²) in [5.74, 6) is -1.14. The summed E-state index contributed by atoms with van der Waals surface area (Å²) < 4.78 is 0. The molecule has 1 unspecified atom stereocenters. The van der Waals surface area contributed by atoms with Crippen molar-refractivity contribution >= 4 is 5.97 Å². The van der Waals surface area contributed by atoms with Crippen molar-refractivity contribution in [3.05, 3.63) is 29.1 Å². The number of fused-ring (bicyclic) bond motifs is 1. The van der Waals surface area contributed by atoms with Gasteiger partial charge in [0.25, 0.3) is 0 Å². The van der Waals surface area contributed by atoms with Gasteiger partial charge in [0.2, 0.25) is 0 Å². The van der Waals surface area contributed by atoms with Crippen molar-refractivity contribution in [2.24, 2.45) is 0 Å².